The molecule has 0 saturated heterocycles. The van der Waals surface area contributed by atoms with E-state index in [1.54, 1.807) is 24.5 Å². The van der Waals surface area contributed by atoms with E-state index in [9.17, 15) is 22.7 Å². The second kappa shape index (κ2) is 10.5. The molecule has 34 heavy (non-hydrogen) atoms. The molecule has 2 aromatic rings. The Bertz CT molecular complexity index is 1140. The highest BCUT2D eigenvalue weighted by Crippen LogP contribution is 2.46. The Balaban J connectivity index is 2.17. The Labute approximate surface area is 203 Å². The van der Waals surface area contributed by atoms with Gasteiger partial charge in [-0.2, -0.15) is 0 Å². The molecule has 3 rings (SSSR count). The van der Waals surface area contributed by atoms with Gasteiger partial charge in [0.15, 0.2) is 15.9 Å². The number of thioether (sulfide) groups is 1. The van der Waals surface area contributed by atoms with E-state index in [4.69, 9.17) is 9.84 Å². The molecular weight excluding hydrogens is 481 g/mol. The van der Waals surface area contributed by atoms with Crippen LogP contribution in [0.4, 0.5) is 15.8 Å². The third kappa shape index (κ3) is 5.84. The maximum Gasteiger partial charge on any atom is 0.336 e. The zero-order valence-electron chi connectivity index (χ0n) is 19.5. The summed E-state index contributed by atoms with van der Waals surface area (Å²) >= 11 is 1.31. The van der Waals surface area contributed by atoms with Crippen molar-refractivity contribution in [3.8, 4) is 5.75 Å². The monoisotopic (exact) mass is 511 g/mol. The number of fused-ring (bicyclic) bond motifs is 1. The molecular formula is C24H30FNO6S2. The summed E-state index contributed by atoms with van der Waals surface area (Å²) in [5, 5.41) is 18.6. The fourth-order valence-electron chi connectivity index (χ4n) is 4.16. The average Bonchev–Trinajstić information content (AvgIpc) is 2.87. The van der Waals surface area contributed by atoms with Crippen LogP contribution >= 0.6 is 11.8 Å². The van der Waals surface area contributed by atoms with E-state index in [1.807, 2.05) is 11.8 Å². The topological polar surface area (TPSA) is 104 Å². The molecule has 2 N–H and O–H groups in total. The average molecular weight is 512 g/mol. The molecule has 10 heteroatoms. The van der Waals surface area contributed by atoms with Crippen LogP contribution < -0.4 is 9.64 Å². The van der Waals surface area contributed by atoms with Gasteiger partial charge in [0.2, 0.25) is 0 Å². The van der Waals surface area contributed by atoms with Crippen LogP contribution in [0.2, 0.25) is 0 Å². The SMILES string of the molecule is CCCC[C@@]1(C)CN(c2ccc(F)cc2)c2cc(SC)c(OC[C@@H](O)C(=O)O)cc2S(=O)(=O)C1. The summed E-state index contributed by atoms with van der Waals surface area (Å²) in [6.45, 7) is 3.92. The van der Waals surface area contributed by atoms with Crippen molar-refractivity contribution in [1.29, 1.82) is 0 Å². The van der Waals surface area contributed by atoms with Crippen molar-refractivity contribution in [2.24, 2.45) is 5.41 Å². The van der Waals surface area contributed by atoms with Gasteiger partial charge in [-0.1, -0.05) is 26.7 Å². The lowest BCUT2D eigenvalue weighted by Crippen LogP contribution is -2.35. The van der Waals surface area contributed by atoms with Crippen LogP contribution in [0, 0.1) is 11.2 Å². The summed E-state index contributed by atoms with van der Waals surface area (Å²) in [7, 11) is -3.75. The molecule has 1 aliphatic rings. The zero-order chi connectivity index (χ0) is 25.1. The second-order valence-electron chi connectivity index (χ2n) is 8.87. The predicted molar refractivity (Wildman–Crippen MR) is 130 cm³/mol. The van der Waals surface area contributed by atoms with E-state index in [0.29, 0.717) is 29.2 Å². The Hall–Kier alpha value is -2.30. The number of anilines is 2. The highest BCUT2D eigenvalue weighted by atomic mass is 32.2. The van der Waals surface area contributed by atoms with Gasteiger partial charge in [0.25, 0.3) is 0 Å². The molecule has 2 aromatic carbocycles. The van der Waals surface area contributed by atoms with E-state index in [0.717, 1.165) is 12.8 Å². The fourth-order valence-corrected chi connectivity index (χ4v) is 6.79. The van der Waals surface area contributed by atoms with E-state index in [1.165, 1.54) is 30.0 Å². The molecule has 2 atom stereocenters. The van der Waals surface area contributed by atoms with Gasteiger partial charge < -0.3 is 19.8 Å². The fraction of sp³-hybridized carbons (Fsp3) is 0.458. The summed E-state index contributed by atoms with van der Waals surface area (Å²) < 4.78 is 46.4. The van der Waals surface area contributed by atoms with Crippen LogP contribution in [0.5, 0.6) is 5.75 Å². The minimum Gasteiger partial charge on any atom is -0.489 e. The molecule has 0 unspecified atom stereocenters. The van der Waals surface area contributed by atoms with E-state index in [-0.39, 0.29) is 22.2 Å². The quantitative estimate of drug-likeness (QED) is 0.475. The number of unbranched alkanes of at least 4 members (excludes halogenated alkanes) is 1. The first kappa shape index (κ1) is 26.3. The Morgan fingerprint density at radius 3 is 2.56 bits per heavy atom. The first-order valence-corrected chi connectivity index (χ1v) is 13.9. The highest BCUT2D eigenvalue weighted by molar-refractivity contribution is 7.98. The molecule has 0 saturated carbocycles. The normalized spacial score (nSPS) is 20.3. The van der Waals surface area contributed by atoms with Crippen LogP contribution in [0.1, 0.15) is 33.1 Å². The summed E-state index contributed by atoms with van der Waals surface area (Å²) in [6.07, 6.45) is 2.56. The smallest absolute Gasteiger partial charge is 0.336 e. The molecule has 0 bridgehead atoms. The number of aliphatic hydroxyl groups is 1. The number of carboxylic acid groups (broad SMARTS) is 1. The van der Waals surface area contributed by atoms with Gasteiger partial charge in [0.05, 0.1) is 21.2 Å². The number of nitrogens with zero attached hydrogens (tertiary/aromatic N) is 1. The maximum absolute atomic E-state index is 13.7. The van der Waals surface area contributed by atoms with Crippen molar-refractivity contribution >= 4 is 38.9 Å². The first-order chi connectivity index (χ1) is 16.0. The van der Waals surface area contributed by atoms with Crippen LogP contribution in [0.25, 0.3) is 0 Å². The number of rotatable bonds is 9. The summed E-state index contributed by atoms with van der Waals surface area (Å²) in [6, 6.07) is 9.06. The third-order valence-electron chi connectivity index (χ3n) is 5.90. The molecule has 0 amide bonds. The number of carboxylic acids is 1. The van der Waals surface area contributed by atoms with Gasteiger partial charge in [-0.05, 0) is 48.4 Å². The van der Waals surface area contributed by atoms with Crippen LogP contribution in [0.15, 0.2) is 46.2 Å². The number of benzene rings is 2. The molecule has 0 aliphatic carbocycles. The number of hydrogen-bond acceptors (Lipinski definition) is 7. The number of aliphatic carboxylic acids is 1. The first-order valence-electron chi connectivity index (χ1n) is 11.0. The minimum atomic E-state index is -3.75. The lowest BCUT2D eigenvalue weighted by molar-refractivity contribution is -0.148. The van der Waals surface area contributed by atoms with Gasteiger partial charge in [-0.25, -0.2) is 17.6 Å². The third-order valence-corrected chi connectivity index (χ3v) is 8.74. The van der Waals surface area contributed by atoms with Crippen LogP contribution in [-0.4, -0.2) is 55.9 Å². The van der Waals surface area contributed by atoms with Crippen molar-refractivity contribution in [2.45, 2.75) is 49.0 Å². The molecule has 0 aromatic heterocycles. The zero-order valence-corrected chi connectivity index (χ0v) is 21.1. The summed E-state index contributed by atoms with van der Waals surface area (Å²) in [4.78, 5) is 13.5. The lowest BCUT2D eigenvalue weighted by atomic mass is 9.86. The Morgan fingerprint density at radius 2 is 1.97 bits per heavy atom. The van der Waals surface area contributed by atoms with E-state index < -0.39 is 33.9 Å². The van der Waals surface area contributed by atoms with Crippen molar-refractivity contribution in [3.05, 3.63) is 42.2 Å². The van der Waals surface area contributed by atoms with E-state index in [2.05, 4.69) is 6.92 Å². The van der Waals surface area contributed by atoms with Crippen molar-refractivity contribution < 1.29 is 32.6 Å². The number of sulfone groups is 1. The number of carbonyl (C=O) groups is 1. The number of aliphatic hydroxyl groups excluding tert-OH is 1. The van der Waals surface area contributed by atoms with Crippen LogP contribution in [-0.2, 0) is 14.6 Å². The van der Waals surface area contributed by atoms with Gasteiger partial charge >= 0.3 is 5.97 Å². The van der Waals surface area contributed by atoms with Gasteiger partial charge in [-0.15, -0.1) is 11.8 Å². The lowest BCUT2D eigenvalue weighted by Gasteiger charge is -2.34. The maximum atomic E-state index is 13.7. The van der Waals surface area contributed by atoms with Gasteiger partial charge in [0.1, 0.15) is 18.2 Å². The second-order valence-corrected chi connectivity index (χ2v) is 11.7. The summed E-state index contributed by atoms with van der Waals surface area (Å²) in [5.74, 6) is -1.69. The van der Waals surface area contributed by atoms with Crippen molar-refractivity contribution in [1.82, 2.24) is 0 Å². The van der Waals surface area contributed by atoms with Gasteiger partial charge in [0, 0.05) is 18.3 Å². The number of hydrogen-bond donors (Lipinski definition) is 2. The molecule has 7 nitrogen and oxygen atoms in total. The Kier molecular flexibility index (Phi) is 8.15. The van der Waals surface area contributed by atoms with Crippen molar-refractivity contribution in [3.63, 3.8) is 0 Å². The standard InChI is InChI=1S/C24H30FNO6S2/c1-4-5-10-24(2)14-26(17-8-6-16(25)7-9-17)18-11-21(33-3)20(32-13-19(27)23(28)29)12-22(18)34(30,31)15-24/h6-9,11-12,19,27H,4-5,10,13-15H2,1-3H3,(H,28,29)/t19-,24+/m1/s1. The molecule has 0 spiro atoms. The molecule has 0 fully saturated rings. The Morgan fingerprint density at radius 1 is 1.29 bits per heavy atom. The number of ether oxygens (including phenoxy) is 1. The molecule has 0 radical (unpaired) electrons. The van der Waals surface area contributed by atoms with Crippen LogP contribution in [0.3, 0.4) is 0 Å². The molecule has 1 heterocycles. The highest BCUT2D eigenvalue weighted by Gasteiger charge is 2.40. The predicted octanol–water partition coefficient (Wildman–Crippen LogP) is 4.49. The van der Waals surface area contributed by atoms with Gasteiger partial charge in [-0.3, -0.25) is 0 Å². The van der Waals surface area contributed by atoms with Crippen molar-refractivity contribution in [2.75, 3.05) is 30.1 Å². The van der Waals surface area contributed by atoms with E-state index >= 15 is 0 Å². The molecule has 1 aliphatic heterocycles. The minimum absolute atomic E-state index is 0.0645. The summed E-state index contributed by atoms with van der Waals surface area (Å²) in [5.41, 5.74) is 0.578. The number of halogens is 1. The molecule has 186 valence electrons. The largest absolute Gasteiger partial charge is 0.489 e.